The number of alkyl halides is 1. The Morgan fingerprint density at radius 3 is 2.31 bits per heavy atom. The van der Waals surface area contributed by atoms with E-state index >= 15 is 0 Å². The third-order valence-corrected chi connectivity index (χ3v) is 6.12. The van der Waals surface area contributed by atoms with Crippen molar-refractivity contribution in [2.45, 2.75) is 58.2 Å². The molecule has 3 rings (SSSR count). The maximum atomic E-state index is 14.0. The highest BCUT2D eigenvalue weighted by molar-refractivity contribution is 6.43. The number of hydrogen-bond acceptors (Lipinski definition) is 3. The average molecular weight is 449 g/mol. The van der Waals surface area contributed by atoms with Crippen molar-refractivity contribution in [1.29, 1.82) is 0 Å². The molecule has 1 saturated carbocycles. The molecule has 0 radical (unpaired) electrons. The van der Waals surface area contributed by atoms with Crippen LogP contribution in [-0.4, -0.2) is 33.9 Å². The Kier molecular flexibility index (Phi) is 6.48. The van der Waals surface area contributed by atoms with Gasteiger partial charge in [0.1, 0.15) is 5.67 Å². The van der Waals surface area contributed by atoms with E-state index < -0.39 is 34.9 Å². The summed E-state index contributed by atoms with van der Waals surface area (Å²) in [5.41, 5.74) is -0.248. The van der Waals surface area contributed by atoms with Gasteiger partial charge in [0.25, 0.3) is 17.6 Å². The van der Waals surface area contributed by atoms with Crippen molar-refractivity contribution in [3.05, 3.63) is 52.3 Å². The van der Waals surface area contributed by atoms with Gasteiger partial charge in [-0.05, 0) is 64.2 Å². The Hall–Kier alpha value is -3.10. The van der Waals surface area contributed by atoms with Crippen LogP contribution in [0.1, 0.15) is 64.7 Å². The van der Waals surface area contributed by atoms with E-state index in [1.165, 1.54) is 17.6 Å². The van der Waals surface area contributed by atoms with E-state index in [0.29, 0.717) is 36.9 Å². The Bertz CT molecular complexity index is 1080. The summed E-state index contributed by atoms with van der Waals surface area (Å²) in [6.07, 6.45) is 1.50. The third kappa shape index (κ3) is 4.71. The van der Waals surface area contributed by atoms with Crippen molar-refractivity contribution in [3.63, 3.8) is 0 Å². The minimum absolute atomic E-state index is 0.0549. The van der Waals surface area contributed by atoms with Gasteiger partial charge in [-0.3, -0.25) is 14.4 Å². The van der Waals surface area contributed by atoms with E-state index in [4.69, 9.17) is 0 Å². The van der Waals surface area contributed by atoms with Crippen LogP contribution in [0.2, 0.25) is 0 Å². The number of halogens is 3. The number of carbonyl (C=O) groups excluding carboxylic acids is 3. The van der Waals surface area contributed by atoms with Crippen molar-refractivity contribution in [1.82, 2.24) is 9.88 Å². The Morgan fingerprint density at radius 2 is 1.72 bits per heavy atom. The second kappa shape index (κ2) is 8.80. The number of aromatic nitrogens is 1. The van der Waals surface area contributed by atoms with Crippen LogP contribution in [0.4, 0.5) is 18.9 Å². The molecule has 0 aliphatic heterocycles. The summed E-state index contributed by atoms with van der Waals surface area (Å²) in [6, 6.07) is 2.68. The van der Waals surface area contributed by atoms with Gasteiger partial charge in [-0.15, -0.1) is 0 Å². The number of amides is 2. The molecule has 0 atom stereocenters. The molecule has 0 unspecified atom stereocenters. The molecule has 9 heteroatoms. The van der Waals surface area contributed by atoms with Crippen molar-refractivity contribution in [2.75, 3.05) is 5.32 Å². The molecular weight excluding hydrogens is 423 g/mol. The monoisotopic (exact) mass is 449 g/mol. The van der Waals surface area contributed by atoms with E-state index in [1.807, 2.05) is 0 Å². The van der Waals surface area contributed by atoms with Crippen LogP contribution in [0.25, 0.3) is 0 Å². The summed E-state index contributed by atoms with van der Waals surface area (Å²) >= 11 is 0. The maximum absolute atomic E-state index is 14.0. The van der Waals surface area contributed by atoms with Crippen molar-refractivity contribution in [3.8, 4) is 0 Å². The van der Waals surface area contributed by atoms with Gasteiger partial charge < -0.3 is 15.2 Å². The van der Waals surface area contributed by atoms with E-state index in [2.05, 4.69) is 10.6 Å². The minimum Gasteiger partial charge on any atom is -0.346 e. The predicted molar refractivity (Wildman–Crippen MR) is 113 cm³/mol. The SMILES string of the molecule is Cc1c(C(=O)Nc2ccc(F)c(F)c2)c(C)n(C)c1C(=O)C(=O)NC1CCC(C)(F)CC1. The molecule has 1 aliphatic rings. The van der Waals surface area contributed by atoms with Crippen LogP contribution >= 0.6 is 0 Å². The first-order chi connectivity index (χ1) is 14.9. The maximum Gasteiger partial charge on any atom is 0.294 e. The molecule has 1 aromatic carbocycles. The Balaban J connectivity index is 1.78. The van der Waals surface area contributed by atoms with Crippen molar-refractivity contribution >= 4 is 23.3 Å². The normalized spacial score (nSPS) is 20.7. The largest absolute Gasteiger partial charge is 0.346 e. The molecule has 0 saturated heterocycles. The molecule has 172 valence electrons. The van der Waals surface area contributed by atoms with Crippen LogP contribution < -0.4 is 10.6 Å². The lowest BCUT2D eigenvalue weighted by Crippen LogP contribution is -2.43. The molecule has 0 bridgehead atoms. The van der Waals surface area contributed by atoms with Gasteiger partial charge in [-0.2, -0.15) is 0 Å². The first kappa shape index (κ1) is 23.6. The fourth-order valence-electron chi connectivity index (χ4n) is 4.12. The number of anilines is 1. The Labute approximate surface area is 184 Å². The summed E-state index contributed by atoms with van der Waals surface area (Å²) < 4.78 is 42.0. The van der Waals surface area contributed by atoms with Gasteiger partial charge >= 0.3 is 0 Å². The highest BCUT2D eigenvalue weighted by atomic mass is 19.2. The summed E-state index contributed by atoms with van der Waals surface area (Å²) in [5.74, 6) is -4.37. The second-order valence-corrected chi connectivity index (χ2v) is 8.57. The second-order valence-electron chi connectivity index (χ2n) is 8.57. The Morgan fingerprint density at radius 1 is 1.09 bits per heavy atom. The first-order valence-corrected chi connectivity index (χ1v) is 10.4. The van der Waals surface area contributed by atoms with Crippen LogP contribution in [0, 0.1) is 25.5 Å². The number of benzene rings is 1. The zero-order valence-corrected chi connectivity index (χ0v) is 18.4. The smallest absolute Gasteiger partial charge is 0.294 e. The highest BCUT2D eigenvalue weighted by Crippen LogP contribution is 2.31. The van der Waals surface area contributed by atoms with Gasteiger partial charge in [0.2, 0.25) is 0 Å². The minimum atomic E-state index is -1.26. The average Bonchev–Trinajstić information content (AvgIpc) is 2.94. The van der Waals surface area contributed by atoms with Crippen molar-refractivity contribution in [2.24, 2.45) is 7.05 Å². The van der Waals surface area contributed by atoms with Crippen LogP contribution in [0.5, 0.6) is 0 Å². The number of carbonyl (C=O) groups is 3. The van der Waals surface area contributed by atoms with E-state index in [9.17, 15) is 27.6 Å². The fraction of sp³-hybridized carbons (Fsp3) is 0.435. The quantitative estimate of drug-likeness (QED) is 0.532. The van der Waals surface area contributed by atoms with Gasteiger partial charge in [0.15, 0.2) is 11.6 Å². The van der Waals surface area contributed by atoms with E-state index in [-0.39, 0.29) is 23.0 Å². The van der Waals surface area contributed by atoms with Gasteiger partial charge in [-0.25, -0.2) is 13.2 Å². The lowest BCUT2D eigenvalue weighted by molar-refractivity contribution is -0.118. The van der Waals surface area contributed by atoms with E-state index in [1.54, 1.807) is 20.9 Å². The molecule has 0 spiro atoms. The van der Waals surface area contributed by atoms with Crippen molar-refractivity contribution < 1.29 is 27.6 Å². The summed E-state index contributed by atoms with van der Waals surface area (Å²) in [5, 5.41) is 5.16. The molecule has 1 aromatic heterocycles. The zero-order valence-electron chi connectivity index (χ0n) is 18.4. The molecule has 1 heterocycles. The number of Topliss-reactive ketones (excluding diaryl/α,β-unsaturated/α-hetero) is 1. The van der Waals surface area contributed by atoms with Gasteiger partial charge in [-0.1, -0.05) is 0 Å². The number of rotatable bonds is 5. The molecule has 6 nitrogen and oxygen atoms in total. The lowest BCUT2D eigenvalue weighted by atomic mass is 9.85. The van der Waals surface area contributed by atoms with Crippen LogP contribution in [0.3, 0.4) is 0 Å². The number of nitrogens with zero attached hydrogens (tertiary/aromatic N) is 1. The first-order valence-electron chi connectivity index (χ1n) is 10.4. The standard InChI is InChI=1S/C23H26F3N3O3/c1-12-18(21(31)28-15-5-6-16(24)17(25)11-15)13(2)29(4)19(12)20(30)22(32)27-14-7-9-23(3,26)10-8-14/h5-6,11,14H,7-10H2,1-4H3,(H,27,32)(H,28,31). The lowest BCUT2D eigenvalue weighted by Gasteiger charge is -2.31. The predicted octanol–water partition coefficient (Wildman–Crippen LogP) is 4.14. The molecule has 1 fully saturated rings. The fourth-order valence-corrected chi connectivity index (χ4v) is 4.12. The summed E-state index contributed by atoms with van der Waals surface area (Å²) in [7, 11) is 1.56. The third-order valence-electron chi connectivity index (χ3n) is 6.12. The van der Waals surface area contributed by atoms with Crippen LogP contribution in [0.15, 0.2) is 18.2 Å². The summed E-state index contributed by atoms with van der Waals surface area (Å²) in [4.78, 5) is 38.3. The summed E-state index contributed by atoms with van der Waals surface area (Å²) in [6.45, 7) is 4.69. The van der Waals surface area contributed by atoms with Crippen LogP contribution in [-0.2, 0) is 11.8 Å². The number of ketones is 1. The molecule has 2 aromatic rings. The highest BCUT2D eigenvalue weighted by Gasteiger charge is 2.34. The van der Waals surface area contributed by atoms with Gasteiger partial charge in [0, 0.05) is 30.5 Å². The molecule has 32 heavy (non-hydrogen) atoms. The van der Waals surface area contributed by atoms with E-state index in [0.717, 1.165) is 12.1 Å². The molecule has 2 N–H and O–H groups in total. The molecular formula is C23H26F3N3O3. The molecule has 2 amide bonds. The topological polar surface area (TPSA) is 80.2 Å². The zero-order chi connectivity index (χ0) is 23.8. The number of hydrogen-bond donors (Lipinski definition) is 2. The van der Waals surface area contributed by atoms with Gasteiger partial charge in [0.05, 0.1) is 11.3 Å². The molecule has 1 aliphatic carbocycles. The number of nitrogens with one attached hydrogen (secondary N) is 2.